The second kappa shape index (κ2) is 10.9. The molecule has 7 nitrogen and oxygen atoms in total. The highest BCUT2D eigenvalue weighted by atomic mass is 19.1. The molecule has 3 N–H and O–H groups in total. The van der Waals surface area contributed by atoms with Crippen LogP contribution in [0.25, 0.3) is 6.08 Å². The number of methoxy groups -OCH3 is 1. The van der Waals surface area contributed by atoms with Gasteiger partial charge in [-0.3, -0.25) is 4.79 Å². The Morgan fingerprint density at radius 1 is 1.06 bits per heavy atom. The van der Waals surface area contributed by atoms with Crippen molar-refractivity contribution >= 4 is 29.4 Å². The number of anilines is 3. The summed E-state index contributed by atoms with van der Waals surface area (Å²) in [7, 11) is 1.61. The van der Waals surface area contributed by atoms with Crippen molar-refractivity contribution in [2.45, 2.75) is 6.92 Å². The molecule has 0 aliphatic heterocycles. The van der Waals surface area contributed by atoms with E-state index in [1.54, 1.807) is 7.11 Å². The van der Waals surface area contributed by atoms with E-state index in [4.69, 9.17) is 4.74 Å². The Kier molecular flexibility index (Phi) is 7.69. The van der Waals surface area contributed by atoms with E-state index in [1.807, 2.05) is 37.3 Å². The fourth-order valence-electron chi connectivity index (χ4n) is 2.76. The third-order valence-electron chi connectivity index (χ3n) is 4.30. The largest absolute Gasteiger partial charge is 0.497 e. The van der Waals surface area contributed by atoms with E-state index in [1.165, 1.54) is 6.08 Å². The number of hydrogen-bond acceptors (Lipinski definition) is 6. The van der Waals surface area contributed by atoms with Gasteiger partial charge in [-0.15, -0.1) is 0 Å². The first kappa shape index (κ1) is 22.7. The Hall–Kier alpha value is -4.01. The van der Waals surface area contributed by atoms with Crippen LogP contribution in [0, 0.1) is 18.6 Å². The molecule has 2 aromatic carbocycles. The van der Waals surface area contributed by atoms with Crippen LogP contribution in [-0.2, 0) is 4.79 Å². The molecule has 0 aliphatic carbocycles. The zero-order chi connectivity index (χ0) is 22.9. The third kappa shape index (κ3) is 6.76. The fraction of sp³-hybridized carbons (Fsp3) is 0.174. The Balaban J connectivity index is 1.49. The summed E-state index contributed by atoms with van der Waals surface area (Å²) in [4.78, 5) is 20.6. The van der Waals surface area contributed by atoms with Gasteiger partial charge in [-0.25, -0.2) is 13.8 Å². The summed E-state index contributed by atoms with van der Waals surface area (Å²) in [6.07, 6.45) is 2.37. The first-order chi connectivity index (χ1) is 15.4. The third-order valence-corrected chi connectivity index (χ3v) is 4.30. The number of ether oxygens (including phenoxy) is 1. The minimum Gasteiger partial charge on any atom is -0.497 e. The molecule has 0 fully saturated rings. The maximum Gasteiger partial charge on any atom is 0.244 e. The van der Waals surface area contributed by atoms with Gasteiger partial charge in [0.05, 0.1) is 7.11 Å². The summed E-state index contributed by atoms with van der Waals surface area (Å²) in [5.41, 5.74) is 1.62. The van der Waals surface area contributed by atoms with Crippen LogP contribution in [0.5, 0.6) is 5.75 Å². The molecule has 1 amide bonds. The normalized spacial score (nSPS) is 10.8. The Morgan fingerprint density at radius 2 is 1.84 bits per heavy atom. The molecule has 0 saturated carbocycles. The summed E-state index contributed by atoms with van der Waals surface area (Å²) in [5, 5.41) is 8.90. The van der Waals surface area contributed by atoms with Gasteiger partial charge in [-0.2, -0.15) is 4.98 Å². The number of rotatable bonds is 9. The number of benzene rings is 2. The lowest BCUT2D eigenvalue weighted by atomic mass is 10.2. The average molecular weight is 439 g/mol. The van der Waals surface area contributed by atoms with Crippen molar-refractivity contribution in [3.05, 3.63) is 77.5 Å². The van der Waals surface area contributed by atoms with Crippen LogP contribution in [0.3, 0.4) is 0 Å². The molecule has 32 heavy (non-hydrogen) atoms. The van der Waals surface area contributed by atoms with Crippen molar-refractivity contribution < 1.29 is 18.3 Å². The van der Waals surface area contributed by atoms with Crippen molar-refractivity contribution in [3.63, 3.8) is 0 Å². The molecule has 166 valence electrons. The number of halogens is 2. The number of nitrogens with one attached hydrogen (secondary N) is 3. The smallest absolute Gasteiger partial charge is 0.244 e. The molecule has 0 radical (unpaired) electrons. The highest BCUT2D eigenvalue weighted by Crippen LogP contribution is 2.20. The van der Waals surface area contributed by atoms with Crippen LogP contribution in [0.1, 0.15) is 11.3 Å². The minimum atomic E-state index is -0.604. The molecule has 0 unspecified atom stereocenters. The van der Waals surface area contributed by atoms with Crippen LogP contribution < -0.4 is 20.7 Å². The summed E-state index contributed by atoms with van der Waals surface area (Å²) in [5.74, 6) is 0.182. The molecule has 1 aromatic heterocycles. The van der Waals surface area contributed by atoms with Gasteiger partial charge in [-0.1, -0.05) is 0 Å². The lowest BCUT2D eigenvalue weighted by Gasteiger charge is -2.10. The van der Waals surface area contributed by atoms with E-state index in [2.05, 4.69) is 25.9 Å². The number of carbonyl (C=O) groups is 1. The van der Waals surface area contributed by atoms with Gasteiger partial charge < -0.3 is 20.7 Å². The van der Waals surface area contributed by atoms with Crippen molar-refractivity contribution in [2.75, 3.05) is 30.8 Å². The molecule has 0 aliphatic rings. The highest BCUT2D eigenvalue weighted by Gasteiger charge is 2.04. The molecule has 3 rings (SSSR count). The number of carbonyl (C=O) groups excluding carboxylic acids is 1. The second-order valence-corrected chi connectivity index (χ2v) is 6.79. The lowest BCUT2D eigenvalue weighted by molar-refractivity contribution is -0.116. The maximum absolute atomic E-state index is 13.6. The summed E-state index contributed by atoms with van der Waals surface area (Å²) >= 11 is 0. The zero-order valence-corrected chi connectivity index (χ0v) is 17.7. The first-order valence-electron chi connectivity index (χ1n) is 9.84. The predicted molar refractivity (Wildman–Crippen MR) is 120 cm³/mol. The zero-order valence-electron chi connectivity index (χ0n) is 17.7. The van der Waals surface area contributed by atoms with Crippen molar-refractivity contribution in [1.29, 1.82) is 0 Å². The van der Waals surface area contributed by atoms with E-state index < -0.39 is 17.5 Å². The average Bonchev–Trinajstić information content (AvgIpc) is 2.77. The molecule has 0 saturated heterocycles. The van der Waals surface area contributed by atoms with E-state index in [9.17, 15) is 13.6 Å². The highest BCUT2D eigenvalue weighted by molar-refractivity contribution is 5.91. The van der Waals surface area contributed by atoms with Crippen LogP contribution in [-0.4, -0.2) is 36.1 Å². The summed E-state index contributed by atoms with van der Waals surface area (Å²) in [6.45, 7) is 2.51. The minimum absolute atomic E-state index is 0.00308. The molecular weight excluding hydrogens is 416 g/mol. The Bertz CT molecular complexity index is 1100. The summed E-state index contributed by atoms with van der Waals surface area (Å²) in [6, 6.07) is 12.3. The van der Waals surface area contributed by atoms with E-state index in [0.717, 1.165) is 41.4 Å². The molecule has 9 heteroatoms. The van der Waals surface area contributed by atoms with Crippen LogP contribution in [0.4, 0.5) is 26.2 Å². The van der Waals surface area contributed by atoms with Crippen molar-refractivity contribution in [3.8, 4) is 5.75 Å². The van der Waals surface area contributed by atoms with E-state index >= 15 is 0 Å². The van der Waals surface area contributed by atoms with E-state index in [0.29, 0.717) is 18.3 Å². The molecule has 0 bridgehead atoms. The monoisotopic (exact) mass is 439 g/mol. The second-order valence-electron chi connectivity index (χ2n) is 6.79. The Labute approximate surface area is 184 Å². The van der Waals surface area contributed by atoms with Gasteiger partial charge in [0, 0.05) is 42.2 Å². The first-order valence-corrected chi connectivity index (χ1v) is 9.84. The van der Waals surface area contributed by atoms with E-state index in [-0.39, 0.29) is 12.1 Å². The predicted octanol–water partition coefficient (Wildman–Crippen LogP) is 4.06. The molecule has 0 spiro atoms. The lowest BCUT2D eigenvalue weighted by Crippen LogP contribution is -2.27. The number of aromatic nitrogens is 2. The number of amides is 1. The molecule has 1 heterocycles. The SMILES string of the molecule is COc1ccc(Nc2cc(C)nc(NCCNC(=O)/C=C/c3cc(F)ccc3F)n2)cc1. The van der Waals surface area contributed by atoms with Crippen molar-refractivity contribution in [1.82, 2.24) is 15.3 Å². The van der Waals surface area contributed by atoms with Gasteiger partial charge in [0.25, 0.3) is 0 Å². The number of aryl methyl sites for hydroxylation is 1. The van der Waals surface area contributed by atoms with Crippen molar-refractivity contribution in [2.24, 2.45) is 0 Å². The van der Waals surface area contributed by atoms with Gasteiger partial charge in [-0.05, 0) is 55.5 Å². The molecule has 3 aromatic rings. The van der Waals surface area contributed by atoms with Crippen LogP contribution in [0.2, 0.25) is 0 Å². The van der Waals surface area contributed by atoms with Gasteiger partial charge >= 0.3 is 0 Å². The fourth-order valence-corrected chi connectivity index (χ4v) is 2.76. The number of nitrogens with zero attached hydrogens (tertiary/aromatic N) is 2. The number of hydrogen-bond donors (Lipinski definition) is 3. The molecule has 0 atom stereocenters. The van der Waals surface area contributed by atoms with Gasteiger partial charge in [0.1, 0.15) is 23.2 Å². The summed E-state index contributed by atoms with van der Waals surface area (Å²) < 4.78 is 31.9. The maximum atomic E-state index is 13.6. The van der Waals surface area contributed by atoms with Gasteiger partial charge in [0.2, 0.25) is 11.9 Å². The topological polar surface area (TPSA) is 88.2 Å². The van der Waals surface area contributed by atoms with Gasteiger partial charge in [0.15, 0.2) is 0 Å². The van der Waals surface area contributed by atoms with Crippen LogP contribution >= 0.6 is 0 Å². The molecular formula is C23H23F2N5O2. The standard InChI is InChI=1S/C23H23F2N5O2/c1-15-13-21(29-18-5-7-19(32-2)8-6-18)30-23(28-15)27-12-11-26-22(31)10-3-16-14-17(24)4-9-20(16)25/h3-10,13-14H,11-12H2,1-2H3,(H,26,31)(H2,27,28,29,30)/b10-3+. The van der Waals surface area contributed by atoms with Crippen LogP contribution in [0.15, 0.2) is 54.6 Å². The Morgan fingerprint density at radius 3 is 2.59 bits per heavy atom. The quantitative estimate of drug-likeness (QED) is 0.344.